The molecular weight excluding hydrogens is 314 g/mol. The molecule has 1 saturated carbocycles. The van der Waals surface area contributed by atoms with Gasteiger partial charge in [-0.15, -0.1) is 12.4 Å². The highest BCUT2D eigenvalue weighted by Gasteiger charge is 2.36. The van der Waals surface area contributed by atoms with E-state index in [9.17, 15) is 0 Å². The second kappa shape index (κ2) is 7.32. The summed E-state index contributed by atoms with van der Waals surface area (Å²) in [5.74, 6) is 1.94. The van der Waals surface area contributed by atoms with Gasteiger partial charge in [-0.2, -0.15) is 4.98 Å². The number of nitrogens with zero attached hydrogens (tertiary/aromatic N) is 2. The van der Waals surface area contributed by atoms with E-state index in [-0.39, 0.29) is 18.5 Å². The molecule has 1 unspecified atom stereocenters. The fourth-order valence-corrected chi connectivity index (χ4v) is 2.96. The molecule has 1 heterocycles. The SMILES string of the molecule is CCC(Oc1cccc(C)c1)c1nc(C2(N)CCCC2)no1.Cl. The molecule has 0 radical (unpaired) electrons. The lowest BCUT2D eigenvalue weighted by Crippen LogP contribution is -2.34. The molecule has 1 aliphatic rings. The van der Waals surface area contributed by atoms with Crippen LogP contribution in [0.5, 0.6) is 5.75 Å². The zero-order valence-corrected chi connectivity index (χ0v) is 14.4. The molecule has 0 aliphatic heterocycles. The van der Waals surface area contributed by atoms with Crippen LogP contribution < -0.4 is 10.5 Å². The maximum atomic E-state index is 6.38. The largest absolute Gasteiger partial charge is 0.481 e. The van der Waals surface area contributed by atoms with E-state index in [1.54, 1.807) is 0 Å². The number of hydrogen-bond donors (Lipinski definition) is 1. The molecule has 0 saturated heterocycles. The first kappa shape index (κ1) is 17.8. The molecule has 126 valence electrons. The Morgan fingerprint density at radius 3 is 2.74 bits per heavy atom. The highest BCUT2D eigenvalue weighted by atomic mass is 35.5. The van der Waals surface area contributed by atoms with Crippen molar-refractivity contribution in [2.75, 3.05) is 0 Å². The van der Waals surface area contributed by atoms with Crippen molar-refractivity contribution >= 4 is 12.4 Å². The summed E-state index contributed by atoms with van der Waals surface area (Å²) in [5, 5.41) is 4.11. The van der Waals surface area contributed by atoms with Gasteiger partial charge in [-0.25, -0.2) is 0 Å². The highest BCUT2D eigenvalue weighted by molar-refractivity contribution is 5.85. The predicted molar refractivity (Wildman–Crippen MR) is 90.7 cm³/mol. The van der Waals surface area contributed by atoms with Crippen LogP contribution in [0.2, 0.25) is 0 Å². The Hall–Kier alpha value is -1.59. The van der Waals surface area contributed by atoms with Crippen LogP contribution in [0.15, 0.2) is 28.8 Å². The Morgan fingerprint density at radius 1 is 1.35 bits per heavy atom. The molecule has 3 rings (SSSR count). The first-order valence-corrected chi connectivity index (χ1v) is 7.97. The molecule has 1 atom stereocenters. The summed E-state index contributed by atoms with van der Waals surface area (Å²) >= 11 is 0. The molecule has 1 aromatic carbocycles. The number of nitrogens with two attached hydrogens (primary N) is 1. The van der Waals surface area contributed by atoms with Gasteiger partial charge in [0.2, 0.25) is 0 Å². The molecular formula is C17H24ClN3O2. The number of benzene rings is 1. The number of hydrogen-bond acceptors (Lipinski definition) is 5. The third-order valence-electron chi connectivity index (χ3n) is 4.30. The molecule has 2 aromatic rings. The van der Waals surface area contributed by atoms with E-state index in [0.29, 0.717) is 11.7 Å². The van der Waals surface area contributed by atoms with Crippen molar-refractivity contribution in [2.45, 2.75) is 57.6 Å². The van der Waals surface area contributed by atoms with E-state index in [1.165, 1.54) is 0 Å². The lowest BCUT2D eigenvalue weighted by Gasteiger charge is -2.18. The standard InChI is InChI=1S/C17H23N3O2.ClH/c1-3-14(21-13-8-6-7-12(2)11-13)15-19-16(20-22-15)17(18)9-4-5-10-17;/h6-8,11,14H,3-5,9-10,18H2,1-2H3;1H. The van der Waals surface area contributed by atoms with Crippen molar-refractivity contribution in [2.24, 2.45) is 5.73 Å². The van der Waals surface area contributed by atoms with E-state index in [2.05, 4.69) is 10.1 Å². The Labute approximate surface area is 143 Å². The maximum Gasteiger partial charge on any atom is 0.267 e. The molecule has 5 nitrogen and oxygen atoms in total. The van der Waals surface area contributed by atoms with Crippen molar-refractivity contribution < 1.29 is 9.26 Å². The van der Waals surface area contributed by atoms with Crippen LogP contribution in [-0.2, 0) is 5.54 Å². The first-order valence-electron chi connectivity index (χ1n) is 7.97. The van der Waals surface area contributed by atoms with Gasteiger partial charge in [0.15, 0.2) is 11.9 Å². The topological polar surface area (TPSA) is 74.2 Å². The van der Waals surface area contributed by atoms with Crippen molar-refractivity contribution in [3.05, 3.63) is 41.5 Å². The molecule has 0 bridgehead atoms. The third kappa shape index (κ3) is 3.85. The number of ether oxygens (including phenoxy) is 1. The van der Waals surface area contributed by atoms with Gasteiger partial charge in [-0.1, -0.05) is 37.1 Å². The van der Waals surface area contributed by atoms with Crippen LogP contribution in [0.1, 0.15) is 62.4 Å². The number of aryl methyl sites for hydroxylation is 1. The van der Waals surface area contributed by atoms with Crippen molar-refractivity contribution in [1.82, 2.24) is 10.1 Å². The van der Waals surface area contributed by atoms with Gasteiger partial charge in [0.05, 0.1) is 5.54 Å². The number of aromatic nitrogens is 2. The molecule has 23 heavy (non-hydrogen) atoms. The highest BCUT2D eigenvalue weighted by Crippen LogP contribution is 2.35. The summed E-state index contributed by atoms with van der Waals surface area (Å²) in [4.78, 5) is 4.53. The fourth-order valence-electron chi connectivity index (χ4n) is 2.96. The Balaban J connectivity index is 0.00000192. The Kier molecular flexibility index (Phi) is 5.65. The summed E-state index contributed by atoms with van der Waals surface area (Å²) < 4.78 is 11.4. The van der Waals surface area contributed by atoms with Crippen LogP contribution in [-0.4, -0.2) is 10.1 Å². The van der Waals surface area contributed by atoms with E-state index < -0.39 is 5.54 Å². The molecule has 1 fully saturated rings. The minimum absolute atomic E-state index is 0. The summed E-state index contributed by atoms with van der Waals surface area (Å²) in [6, 6.07) is 7.95. The summed E-state index contributed by atoms with van der Waals surface area (Å²) in [7, 11) is 0. The average Bonchev–Trinajstić information content (AvgIpc) is 3.15. The van der Waals surface area contributed by atoms with Crippen LogP contribution in [0.25, 0.3) is 0 Å². The molecule has 1 aliphatic carbocycles. The lowest BCUT2D eigenvalue weighted by molar-refractivity contribution is 0.154. The van der Waals surface area contributed by atoms with Crippen molar-refractivity contribution in [3.63, 3.8) is 0 Å². The normalized spacial score (nSPS) is 17.5. The molecule has 6 heteroatoms. The van der Waals surface area contributed by atoms with Crippen LogP contribution in [0.3, 0.4) is 0 Å². The summed E-state index contributed by atoms with van der Waals surface area (Å²) in [6.07, 6.45) is 4.60. The predicted octanol–water partition coefficient (Wildman–Crippen LogP) is 4.06. The number of rotatable bonds is 5. The minimum Gasteiger partial charge on any atom is -0.481 e. The van der Waals surface area contributed by atoms with E-state index in [0.717, 1.165) is 43.4 Å². The van der Waals surface area contributed by atoms with Gasteiger partial charge >= 0.3 is 0 Å². The minimum atomic E-state index is -0.427. The van der Waals surface area contributed by atoms with Gasteiger partial charge in [0.25, 0.3) is 5.89 Å². The second-order valence-electron chi connectivity index (χ2n) is 6.15. The van der Waals surface area contributed by atoms with Gasteiger partial charge in [-0.05, 0) is 43.9 Å². The van der Waals surface area contributed by atoms with E-state index >= 15 is 0 Å². The molecule has 0 amide bonds. The average molecular weight is 338 g/mol. The molecule has 1 aromatic heterocycles. The third-order valence-corrected chi connectivity index (χ3v) is 4.30. The van der Waals surface area contributed by atoms with Gasteiger partial charge < -0.3 is 15.0 Å². The van der Waals surface area contributed by atoms with Gasteiger partial charge in [0, 0.05) is 0 Å². The second-order valence-corrected chi connectivity index (χ2v) is 6.15. The quantitative estimate of drug-likeness (QED) is 0.890. The zero-order valence-electron chi connectivity index (χ0n) is 13.6. The molecule has 2 N–H and O–H groups in total. The van der Waals surface area contributed by atoms with E-state index in [4.69, 9.17) is 15.0 Å². The lowest BCUT2D eigenvalue weighted by atomic mass is 9.99. The molecule has 0 spiro atoms. The van der Waals surface area contributed by atoms with Crippen LogP contribution in [0, 0.1) is 6.92 Å². The fraction of sp³-hybridized carbons (Fsp3) is 0.529. The Bertz CT molecular complexity index is 638. The van der Waals surface area contributed by atoms with Crippen LogP contribution >= 0.6 is 12.4 Å². The summed E-state index contributed by atoms with van der Waals surface area (Å²) in [5.41, 5.74) is 7.11. The van der Waals surface area contributed by atoms with Gasteiger partial charge in [-0.3, -0.25) is 0 Å². The monoisotopic (exact) mass is 337 g/mol. The van der Waals surface area contributed by atoms with Crippen LogP contribution in [0.4, 0.5) is 0 Å². The van der Waals surface area contributed by atoms with Crippen molar-refractivity contribution in [1.29, 1.82) is 0 Å². The first-order chi connectivity index (χ1) is 10.6. The van der Waals surface area contributed by atoms with Gasteiger partial charge in [0.1, 0.15) is 5.75 Å². The van der Waals surface area contributed by atoms with E-state index in [1.807, 2.05) is 38.1 Å². The smallest absolute Gasteiger partial charge is 0.267 e. The van der Waals surface area contributed by atoms with Crippen molar-refractivity contribution in [3.8, 4) is 5.75 Å². The summed E-state index contributed by atoms with van der Waals surface area (Å²) in [6.45, 7) is 4.08. The maximum absolute atomic E-state index is 6.38. The number of halogens is 1. The zero-order chi connectivity index (χ0) is 15.6. The Morgan fingerprint density at radius 2 is 2.09 bits per heavy atom.